The SMILES string of the molecule is CC.CC(C)CCN1CCOCC1.COc1ccccc1C(C)C. The van der Waals surface area contributed by atoms with Crippen molar-refractivity contribution in [3.05, 3.63) is 29.8 Å². The molecule has 1 aliphatic rings. The van der Waals surface area contributed by atoms with Crippen LogP contribution in [0.1, 0.15) is 59.4 Å². The van der Waals surface area contributed by atoms with Crippen LogP contribution in [0.15, 0.2) is 24.3 Å². The molecule has 2 rings (SSSR count). The number of morpholine rings is 1. The normalized spacial score (nSPS) is 14.5. The largest absolute Gasteiger partial charge is 0.496 e. The van der Waals surface area contributed by atoms with Crippen LogP contribution < -0.4 is 4.74 Å². The van der Waals surface area contributed by atoms with E-state index in [2.05, 4.69) is 38.7 Å². The van der Waals surface area contributed by atoms with Crippen LogP contribution in [0.2, 0.25) is 0 Å². The summed E-state index contributed by atoms with van der Waals surface area (Å²) in [5.41, 5.74) is 1.27. The Morgan fingerprint density at radius 1 is 1.04 bits per heavy atom. The lowest BCUT2D eigenvalue weighted by Gasteiger charge is -2.26. The summed E-state index contributed by atoms with van der Waals surface area (Å²) in [4.78, 5) is 2.49. The highest BCUT2D eigenvalue weighted by atomic mass is 16.5. The van der Waals surface area contributed by atoms with E-state index in [4.69, 9.17) is 9.47 Å². The molecule has 1 aliphatic heterocycles. The van der Waals surface area contributed by atoms with Crippen molar-refractivity contribution >= 4 is 0 Å². The minimum Gasteiger partial charge on any atom is -0.496 e. The molecule has 1 aromatic rings. The lowest BCUT2D eigenvalue weighted by molar-refractivity contribution is 0.0360. The molecule has 140 valence electrons. The highest BCUT2D eigenvalue weighted by molar-refractivity contribution is 5.35. The molecule has 0 aliphatic carbocycles. The molecule has 0 atom stereocenters. The fraction of sp³-hybridized carbons (Fsp3) is 0.714. The average Bonchev–Trinajstić information content (AvgIpc) is 2.63. The van der Waals surface area contributed by atoms with Gasteiger partial charge in [0.05, 0.1) is 20.3 Å². The van der Waals surface area contributed by atoms with Crippen molar-refractivity contribution in [2.24, 2.45) is 5.92 Å². The molecule has 0 saturated carbocycles. The Hall–Kier alpha value is -1.06. The Morgan fingerprint density at radius 3 is 2.08 bits per heavy atom. The van der Waals surface area contributed by atoms with Crippen molar-refractivity contribution in [2.45, 2.75) is 53.9 Å². The number of nitrogens with zero attached hydrogens (tertiary/aromatic N) is 1. The van der Waals surface area contributed by atoms with Crippen molar-refractivity contribution in [3.63, 3.8) is 0 Å². The Bertz CT molecular complexity index is 399. The van der Waals surface area contributed by atoms with Crippen molar-refractivity contribution < 1.29 is 9.47 Å². The Kier molecular flexibility index (Phi) is 13.7. The highest BCUT2D eigenvalue weighted by Gasteiger charge is 2.09. The maximum absolute atomic E-state index is 5.26. The van der Waals surface area contributed by atoms with Crippen LogP contribution in [-0.2, 0) is 4.74 Å². The van der Waals surface area contributed by atoms with Crippen LogP contribution in [0.3, 0.4) is 0 Å². The van der Waals surface area contributed by atoms with Crippen LogP contribution >= 0.6 is 0 Å². The second-order valence-electron chi connectivity index (χ2n) is 6.53. The molecule has 24 heavy (non-hydrogen) atoms. The van der Waals surface area contributed by atoms with E-state index in [1.54, 1.807) is 7.11 Å². The number of ether oxygens (including phenoxy) is 2. The van der Waals surface area contributed by atoms with Crippen molar-refractivity contribution in [3.8, 4) is 5.75 Å². The summed E-state index contributed by atoms with van der Waals surface area (Å²) < 4.78 is 10.5. The van der Waals surface area contributed by atoms with Gasteiger partial charge < -0.3 is 9.47 Å². The molecule has 1 saturated heterocycles. The zero-order valence-electron chi connectivity index (χ0n) is 17.0. The lowest BCUT2D eigenvalue weighted by Crippen LogP contribution is -2.37. The van der Waals surface area contributed by atoms with Gasteiger partial charge in [0, 0.05) is 13.1 Å². The van der Waals surface area contributed by atoms with Gasteiger partial charge in [-0.2, -0.15) is 0 Å². The number of para-hydroxylation sites is 1. The summed E-state index contributed by atoms with van der Waals surface area (Å²) in [6.45, 7) is 18.3. The molecular formula is C21H39NO2. The van der Waals surface area contributed by atoms with Crippen molar-refractivity contribution in [1.29, 1.82) is 0 Å². The molecule has 0 N–H and O–H groups in total. The Morgan fingerprint density at radius 2 is 1.62 bits per heavy atom. The average molecular weight is 338 g/mol. The van der Waals surface area contributed by atoms with Gasteiger partial charge in [-0.1, -0.05) is 59.7 Å². The highest BCUT2D eigenvalue weighted by Crippen LogP contribution is 2.24. The smallest absolute Gasteiger partial charge is 0.122 e. The summed E-state index contributed by atoms with van der Waals surface area (Å²) in [5, 5.41) is 0. The zero-order chi connectivity index (χ0) is 18.4. The predicted octanol–water partition coefficient (Wildman–Crippen LogP) is 5.21. The topological polar surface area (TPSA) is 21.7 Å². The maximum atomic E-state index is 5.26. The van der Waals surface area contributed by atoms with E-state index in [9.17, 15) is 0 Å². The molecule has 0 unspecified atom stereocenters. The maximum Gasteiger partial charge on any atom is 0.122 e. The number of benzene rings is 1. The second-order valence-corrected chi connectivity index (χ2v) is 6.53. The molecule has 3 nitrogen and oxygen atoms in total. The van der Waals surface area contributed by atoms with Gasteiger partial charge in [-0.25, -0.2) is 0 Å². The molecule has 0 bridgehead atoms. The molecule has 1 heterocycles. The minimum absolute atomic E-state index is 0.533. The van der Waals surface area contributed by atoms with E-state index in [-0.39, 0.29) is 0 Å². The number of hydrogen-bond acceptors (Lipinski definition) is 3. The Balaban J connectivity index is 0.000000400. The summed E-state index contributed by atoms with van der Waals surface area (Å²) in [6.07, 6.45) is 1.32. The van der Waals surface area contributed by atoms with E-state index in [0.717, 1.165) is 38.0 Å². The fourth-order valence-electron chi connectivity index (χ4n) is 2.41. The molecule has 1 fully saturated rings. The predicted molar refractivity (Wildman–Crippen MR) is 105 cm³/mol. The van der Waals surface area contributed by atoms with Gasteiger partial charge in [0.1, 0.15) is 5.75 Å². The first-order chi connectivity index (χ1) is 11.5. The molecule has 1 aromatic carbocycles. The van der Waals surface area contributed by atoms with Crippen molar-refractivity contribution in [1.82, 2.24) is 4.90 Å². The van der Waals surface area contributed by atoms with Gasteiger partial charge in [0.2, 0.25) is 0 Å². The van der Waals surface area contributed by atoms with Gasteiger partial charge >= 0.3 is 0 Å². The molecule has 3 heteroatoms. The first-order valence-electron chi connectivity index (χ1n) is 9.47. The third-order valence-electron chi connectivity index (χ3n) is 3.89. The van der Waals surface area contributed by atoms with Gasteiger partial charge in [-0.15, -0.1) is 0 Å². The summed E-state index contributed by atoms with van der Waals surface area (Å²) in [5.74, 6) is 2.35. The van der Waals surface area contributed by atoms with Gasteiger partial charge in [0.25, 0.3) is 0 Å². The fourth-order valence-corrected chi connectivity index (χ4v) is 2.41. The number of methoxy groups -OCH3 is 1. The van der Waals surface area contributed by atoms with Gasteiger partial charge in [-0.3, -0.25) is 4.90 Å². The van der Waals surface area contributed by atoms with E-state index in [0.29, 0.717) is 5.92 Å². The van der Waals surface area contributed by atoms with Gasteiger partial charge in [-0.05, 0) is 36.4 Å². The Labute approximate surface area is 150 Å². The third-order valence-corrected chi connectivity index (χ3v) is 3.89. The van der Waals surface area contributed by atoms with Crippen molar-refractivity contribution in [2.75, 3.05) is 40.0 Å². The number of rotatable bonds is 5. The third kappa shape index (κ3) is 9.94. The van der Waals surface area contributed by atoms with Crippen LogP contribution in [0.4, 0.5) is 0 Å². The monoisotopic (exact) mass is 337 g/mol. The second kappa shape index (κ2) is 14.3. The quantitative estimate of drug-likeness (QED) is 0.736. The molecular weight excluding hydrogens is 298 g/mol. The van der Waals surface area contributed by atoms with Crippen LogP contribution in [0.25, 0.3) is 0 Å². The molecule has 0 radical (unpaired) electrons. The summed E-state index contributed by atoms with van der Waals surface area (Å²) in [6, 6.07) is 8.13. The van der Waals surface area contributed by atoms with E-state index in [1.165, 1.54) is 18.5 Å². The summed E-state index contributed by atoms with van der Waals surface area (Å²) in [7, 11) is 1.71. The molecule has 0 spiro atoms. The number of hydrogen-bond donors (Lipinski definition) is 0. The summed E-state index contributed by atoms with van der Waals surface area (Å²) >= 11 is 0. The van der Waals surface area contributed by atoms with E-state index < -0.39 is 0 Å². The van der Waals surface area contributed by atoms with Crippen LogP contribution in [0.5, 0.6) is 5.75 Å². The first-order valence-corrected chi connectivity index (χ1v) is 9.47. The van der Waals surface area contributed by atoms with E-state index in [1.807, 2.05) is 32.0 Å². The zero-order valence-corrected chi connectivity index (χ0v) is 17.0. The standard InChI is InChI=1S/C10H14O.C9H19NO.C2H6/c1-8(2)9-6-4-5-7-10(9)11-3;1-9(2)3-4-10-5-7-11-8-6-10;1-2/h4-8H,1-3H3;9H,3-8H2,1-2H3;1-2H3. The first kappa shape index (κ1) is 22.9. The van der Waals surface area contributed by atoms with Crippen LogP contribution in [0, 0.1) is 5.92 Å². The minimum atomic E-state index is 0.533. The van der Waals surface area contributed by atoms with Crippen LogP contribution in [-0.4, -0.2) is 44.9 Å². The molecule has 0 aromatic heterocycles. The van der Waals surface area contributed by atoms with E-state index >= 15 is 0 Å². The molecule has 0 amide bonds. The lowest BCUT2D eigenvalue weighted by atomic mass is 10.0. The van der Waals surface area contributed by atoms with Gasteiger partial charge in [0.15, 0.2) is 0 Å².